The second-order valence-electron chi connectivity index (χ2n) is 10.2. The fourth-order valence-corrected chi connectivity index (χ4v) is 5.57. The molecule has 10 heteroatoms. The molecule has 2 aliphatic heterocycles. The summed E-state index contributed by atoms with van der Waals surface area (Å²) in [7, 11) is 3.87. The SMILES string of the molecule is C=C(c1nc(/C=C/CNC(=O)c2cnn(C)c2)cc2c(NC3CC4CCC3CN4C)cccc12)C(F)(F)F. The first kappa shape index (κ1) is 26.0. The third-order valence-electron chi connectivity index (χ3n) is 7.61. The highest BCUT2D eigenvalue weighted by Gasteiger charge is 2.39. The van der Waals surface area contributed by atoms with Crippen LogP contribution in [0.1, 0.15) is 41.0 Å². The third-order valence-corrected chi connectivity index (χ3v) is 7.61. The number of amides is 1. The normalized spacial score (nSPS) is 21.8. The Morgan fingerprint density at radius 2 is 2.05 bits per heavy atom. The number of rotatable bonds is 7. The highest BCUT2D eigenvalue weighted by atomic mass is 19.4. The Kier molecular flexibility index (Phi) is 7.00. The summed E-state index contributed by atoms with van der Waals surface area (Å²) in [6.45, 7) is 4.52. The lowest BCUT2D eigenvalue weighted by molar-refractivity contribution is -0.0688. The Morgan fingerprint density at radius 3 is 2.71 bits per heavy atom. The lowest BCUT2D eigenvalue weighted by atomic mass is 9.76. The molecule has 0 spiro atoms. The van der Waals surface area contributed by atoms with Crippen molar-refractivity contribution >= 4 is 34.0 Å². The second-order valence-corrected chi connectivity index (χ2v) is 10.2. The molecule has 3 aliphatic rings. The van der Waals surface area contributed by atoms with Crippen molar-refractivity contribution in [3.8, 4) is 0 Å². The highest BCUT2D eigenvalue weighted by Crippen LogP contribution is 2.39. The van der Waals surface area contributed by atoms with Crippen LogP contribution in [-0.2, 0) is 7.05 Å². The summed E-state index contributed by atoms with van der Waals surface area (Å²) >= 11 is 0. The molecule has 38 heavy (non-hydrogen) atoms. The van der Waals surface area contributed by atoms with E-state index in [2.05, 4.69) is 39.2 Å². The van der Waals surface area contributed by atoms with Crippen LogP contribution in [0, 0.1) is 5.92 Å². The number of allylic oxidation sites excluding steroid dienone is 1. The number of hydrogen-bond acceptors (Lipinski definition) is 5. The molecule has 1 saturated carbocycles. The summed E-state index contributed by atoms with van der Waals surface area (Å²) < 4.78 is 42.7. The Morgan fingerprint density at radius 1 is 1.24 bits per heavy atom. The number of halogens is 3. The maximum Gasteiger partial charge on any atom is 0.417 e. The number of pyridine rings is 1. The van der Waals surface area contributed by atoms with Crippen molar-refractivity contribution < 1.29 is 18.0 Å². The van der Waals surface area contributed by atoms with Gasteiger partial charge in [0.1, 0.15) is 0 Å². The van der Waals surface area contributed by atoms with Crippen molar-refractivity contribution in [3.63, 3.8) is 0 Å². The van der Waals surface area contributed by atoms with Crippen molar-refractivity contribution in [2.24, 2.45) is 13.0 Å². The van der Waals surface area contributed by atoms with E-state index < -0.39 is 11.7 Å². The number of alkyl halides is 3. The lowest BCUT2D eigenvalue weighted by Gasteiger charge is -2.48. The number of hydrogen-bond donors (Lipinski definition) is 2. The maximum atomic E-state index is 13.7. The first-order valence-electron chi connectivity index (χ1n) is 12.7. The van der Waals surface area contributed by atoms with E-state index >= 15 is 0 Å². The van der Waals surface area contributed by atoms with Gasteiger partial charge in [0.25, 0.3) is 5.91 Å². The number of carbonyl (C=O) groups is 1. The van der Waals surface area contributed by atoms with Crippen LogP contribution in [0.25, 0.3) is 22.4 Å². The summed E-state index contributed by atoms with van der Waals surface area (Å²) in [6, 6.07) is 7.90. The summed E-state index contributed by atoms with van der Waals surface area (Å²) in [5.41, 5.74) is 0.390. The Balaban J connectivity index is 1.43. The first-order chi connectivity index (χ1) is 18.1. The lowest BCUT2D eigenvalue weighted by Crippen LogP contribution is -2.54. The van der Waals surface area contributed by atoms with Gasteiger partial charge in [0.15, 0.2) is 0 Å². The largest absolute Gasteiger partial charge is 0.417 e. The van der Waals surface area contributed by atoms with Crippen molar-refractivity contribution in [3.05, 3.63) is 66.3 Å². The molecule has 3 unspecified atom stereocenters. The van der Waals surface area contributed by atoms with Crippen molar-refractivity contribution in [2.45, 2.75) is 37.5 Å². The standard InChI is InChI=1S/C28H31F3N6O/c1-17(28(29,30)31)26-22-7-4-8-24(35-25-13-21-10-9-18(25)15-36(21)2)23(22)12-20(34-26)6-5-11-32-27(38)19-14-33-37(3)16-19/h4-8,12,14,16,18,21,25,35H,1,9-11,13,15H2,2-3H3,(H,32,38)/b6-5+. The number of nitrogens with one attached hydrogen (secondary N) is 2. The Hall–Kier alpha value is -3.66. The monoisotopic (exact) mass is 524 g/mol. The van der Waals surface area contributed by atoms with Gasteiger partial charge in [-0.2, -0.15) is 18.3 Å². The Labute approximate surface area is 219 Å². The quantitative estimate of drug-likeness (QED) is 0.461. The number of piperidine rings is 2. The average Bonchev–Trinajstić information content (AvgIpc) is 3.32. The first-order valence-corrected chi connectivity index (χ1v) is 12.7. The summed E-state index contributed by atoms with van der Waals surface area (Å²) in [4.78, 5) is 19.0. The smallest absolute Gasteiger partial charge is 0.381 e. The highest BCUT2D eigenvalue weighted by molar-refractivity contribution is 6.01. The van der Waals surface area contributed by atoms with Gasteiger partial charge in [0.2, 0.25) is 0 Å². The molecule has 2 bridgehead atoms. The molecule has 3 aromatic rings. The van der Waals surface area contributed by atoms with E-state index in [0.717, 1.165) is 25.1 Å². The molecule has 1 aromatic carbocycles. The zero-order valence-corrected chi connectivity index (χ0v) is 21.4. The number of aryl methyl sites for hydroxylation is 1. The number of anilines is 1. The third kappa shape index (κ3) is 5.31. The van der Waals surface area contributed by atoms with Crippen LogP contribution >= 0.6 is 0 Å². The maximum absolute atomic E-state index is 13.7. The summed E-state index contributed by atoms with van der Waals surface area (Å²) in [6.07, 6.45) is 5.06. The van der Waals surface area contributed by atoms with Gasteiger partial charge in [-0.25, -0.2) is 4.98 Å². The molecule has 2 N–H and O–H groups in total. The van der Waals surface area contributed by atoms with Crippen molar-refractivity contribution in [1.82, 2.24) is 25.0 Å². The van der Waals surface area contributed by atoms with Gasteiger partial charge < -0.3 is 15.5 Å². The van der Waals surface area contributed by atoms with Crippen molar-refractivity contribution in [2.75, 3.05) is 25.5 Å². The number of fused-ring (bicyclic) bond motifs is 4. The van der Waals surface area contributed by atoms with Crippen LogP contribution in [-0.4, -0.2) is 64.0 Å². The average molecular weight is 525 g/mol. The van der Waals surface area contributed by atoms with Gasteiger partial charge in [0, 0.05) is 54.9 Å². The molecule has 0 radical (unpaired) electrons. The van der Waals surface area contributed by atoms with E-state index in [9.17, 15) is 18.0 Å². The van der Waals surface area contributed by atoms with Crippen LogP contribution in [0.5, 0.6) is 0 Å². The molecular weight excluding hydrogens is 493 g/mol. The number of benzene rings is 1. The second kappa shape index (κ2) is 10.2. The molecule has 2 aromatic heterocycles. The number of aromatic nitrogens is 3. The van der Waals surface area contributed by atoms with Crippen LogP contribution in [0.4, 0.5) is 18.9 Å². The number of nitrogens with zero attached hydrogens (tertiary/aromatic N) is 4. The van der Waals surface area contributed by atoms with Crippen molar-refractivity contribution in [1.29, 1.82) is 0 Å². The molecule has 7 nitrogen and oxygen atoms in total. The van der Waals surface area contributed by atoms with Gasteiger partial charge in [0.05, 0.1) is 28.7 Å². The van der Waals surface area contributed by atoms with Crippen LogP contribution in [0.3, 0.4) is 0 Å². The minimum Gasteiger partial charge on any atom is -0.381 e. The molecule has 2 saturated heterocycles. The van der Waals surface area contributed by atoms with Gasteiger partial charge in [-0.15, -0.1) is 0 Å². The summed E-state index contributed by atoms with van der Waals surface area (Å²) in [5.74, 6) is 0.203. The number of carbonyl (C=O) groups excluding carboxylic acids is 1. The molecule has 6 rings (SSSR count). The molecule has 200 valence electrons. The molecule has 1 aliphatic carbocycles. The minimum absolute atomic E-state index is 0.182. The van der Waals surface area contributed by atoms with Crippen LogP contribution in [0.15, 0.2) is 49.3 Å². The molecular formula is C28H31F3N6O. The Bertz CT molecular complexity index is 1390. The van der Waals surface area contributed by atoms with Gasteiger partial charge in [-0.05, 0) is 50.4 Å². The van der Waals surface area contributed by atoms with E-state index in [1.165, 1.54) is 17.3 Å². The topological polar surface area (TPSA) is 75.1 Å². The van der Waals surface area contributed by atoms with Gasteiger partial charge >= 0.3 is 6.18 Å². The van der Waals surface area contributed by atoms with E-state index in [-0.39, 0.29) is 24.2 Å². The predicted octanol–water partition coefficient (Wildman–Crippen LogP) is 4.88. The van der Waals surface area contributed by atoms with Crippen LogP contribution < -0.4 is 10.6 Å². The molecule has 1 amide bonds. The van der Waals surface area contributed by atoms with E-state index in [4.69, 9.17) is 0 Å². The molecule has 3 atom stereocenters. The van der Waals surface area contributed by atoms with Gasteiger partial charge in [-0.1, -0.05) is 24.8 Å². The molecule has 3 fully saturated rings. The van der Waals surface area contributed by atoms with Gasteiger partial charge in [-0.3, -0.25) is 9.48 Å². The van der Waals surface area contributed by atoms with E-state index in [1.54, 1.807) is 43.6 Å². The molecule has 4 heterocycles. The zero-order valence-electron chi connectivity index (χ0n) is 21.4. The summed E-state index contributed by atoms with van der Waals surface area (Å²) in [5, 5.41) is 11.4. The zero-order chi connectivity index (χ0) is 27.0. The fourth-order valence-electron chi connectivity index (χ4n) is 5.57. The van der Waals surface area contributed by atoms with Crippen LogP contribution in [0.2, 0.25) is 0 Å². The van der Waals surface area contributed by atoms with E-state index in [0.29, 0.717) is 34.0 Å². The predicted molar refractivity (Wildman–Crippen MR) is 143 cm³/mol. The minimum atomic E-state index is -4.61. The van der Waals surface area contributed by atoms with E-state index in [1.807, 2.05) is 6.07 Å². The fraction of sp³-hybridized carbons (Fsp3) is 0.393.